The van der Waals surface area contributed by atoms with Gasteiger partial charge in [-0.1, -0.05) is 26.2 Å². The minimum atomic E-state index is -0.268. The van der Waals surface area contributed by atoms with Crippen LogP contribution < -0.4 is 0 Å². The summed E-state index contributed by atoms with van der Waals surface area (Å²) in [7, 11) is 0. The fraction of sp³-hybridized carbons (Fsp3) is 0.643. The fourth-order valence-electron chi connectivity index (χ4n) is 1.96. The second-order valence-corrected chi connectivity index (χ2v) is 4.61. The first-order chi connectivity index (χ1) is 8.65. The zero-order valence-electron chi connectivity index (χ0n) is 11.0. The van der Waals surface area contributed by atoms with E-state index in [0.29, 0.717) is 25.8 Å². The van der Waals surface area contributed by atoms with E-state index in [9.17, 15) is 14.4 Å². The van der Waals surface area contributed by atoms with Crippen molar-refractivity contribution < 1.29 is 14.4 Å². The first-order valence-electron chi connectivity index (χ1n) is 6.70. The molecule has 0 aromatic carbocycles. The molecule has 0 aromatic heterocycles. The number of imide groups is 1. The van der Waals surface area contributed by atoms with E-state index >= 15 is 0 Å². The first kappa shape index (κ1) is 14.6. The van der Waals surface area contributed by atoms with Crippen LogP contribution in [0.15, 0.2) is 12.2 Å². The second-order valence-electron chi connectivity index (χ2n) is 4.61. The molecular formula is C14H21NO3. The molecule has 0 fully saturated rings. The molecule has 0 aliphatic carbocycles. The van der Waals surface area contributed by atoms with E-state index in [1.165, 1.54) is 29.9 Å². The van der Waals surface area contributed by atoms with Gasteiger partial charge in [0.05, 0.1) is 0 Å². The lowest BCUT2D eigenvalue weighted by Crippen LogP contribution is -2.31. The minimum absolute atomic E-state index is 0.234. The number of hydrogen-bond acceptors (Lipinski definition) is 3. The summed E-state index contributed by atoms with van der Waals surface area (Å²) in [5, 5.41) is 0. The van der Waals surface area contributed by atoms with Crippen molar-refractivity contribution in [3.63, 3.8) is 0 Å². The zero-order valence-corrected chi connectivity index (χ0v) is 11.0. The third-order valence-electron chi connectivity index (χ3n) is 3.05. The molecule has 1 aliphatic rings. The lowest BCUT2D eigenvalue weighted by atomic mass is 10.1. The summed E-state index contributed by atoms with van der Waals surface area (Å²) in [6, 6.07) is 0. The molecule has 0 saturated carbocycles. The molecule has 1 heterocycles. The topological polar surface area (TPSA) is 54.5 Å². The highest BCUT2D eigenvalue weighted by atomic mass is 16.2. The molecule has 4 heteroatoms. The van der Waals surface area contributed by atoms with Gasteiger partial charge >= 0.3 is 0 Å². The quantitative estimate of drug-likeness (QED) is 0.466. The summed E-state index contributed by atoms with van der Waals surface area (Å²) in [4.78, 5) is 35.2. The number of hydrogen-bond donors (Lipinski definition) is 0. The van der Waals surface area contributed by atoms with Crippen molar-refractivity contribution >= 4 is 17.6 Å². The minimum Gasteiger partial charge on any atom is -0.300 e. The molecule has 0 aromatic rings. The number of carbonyl (C=O) groups is 3. The Morgan fingerprint density at radius 3 is 2.22 bits per heavy atom. The van der Waals surface area contributed by atoms with Crippen molar-refractivity contribution in [2.45, 2.75) is 51.9 Å². The van der Waals surface area contributed by atoms with Gasteiger partial charge in [-0.15, -0.1) is 0 Å². The molecule has 0 saturated heterocycles. The van der Waals surface area contributed by atoms with E-state index in [4.69, 9.17) is 0 Å². The summed E-state index contributed by atoms with van der Waals surface area (Å²) in [6.07, 6.45) is 8.61. The molecule has 0 bridgehead atoms. The zero-order chi connectivity index (χ0) is 13.4. The average Bonchev–Trinajstić information content (AvgIpc) is 2.66. The number of rotatable bonds is 9. The maximum atomic E-state index is 11.5. The predicted molar refractivity (Wildman–Crippen MR) is 68.9 cm³/mol. The Hall–Kier alpha value is -1.45. The van der Waals surface area contributed by atoms with Crippen LogP contribution in [0.3, 0.4) is 0 Å². The molecule has 0 radical (unpaired) electrons. The van der Waals surface area contributed by atoms with E-state index in [1.807, 2.05) is 0 Å². The van der Waals surface area contributed by atoms with Gasteiger partial charge in [-0.05, 0) is 12.8 Å². The van der Waals surface area contributed by atoms with Gasteiger partial charge in [-0.25, -0.2) is 0 Å². The number of Topliss-reactive ketones (excluding diaryl/α,β-unsaturated/α-hetero) is 1. The lowest BCUT2D eigenvalue weighted by Gasteiger charge is -2.12. The maximum absolute atomic E-state index is 11.5. The summed E-state index contributed by atoms with van der Waals surface area (Å²) >= 11 is 0. The van der Waals surface area contributed by atoms with Gasteiger partial charge in [0.25, 0.3) is 11.8 Å². The molecule has 0 spiro atoms. The fourth-order valence-corrected chi connectivity index (χ4v) is 1.96. The summed E-state index contributed by atoms with van der Waals surface area (Å²) < 4.78 is 0. The molecule has 1 aliphatic heterocycles. The molecule has 0 unspecified atom stereocenters. The van der Waals surface area contributed by atoms with Crippen LogP contribution in [0.25, 0.3) is 0 Å². The Bertz CT molecular complexity index is 329. The number of unbranched alkanes of at least 4 members (excludes halogenated alkanes) is 3. The summed E-state index contributed by atoms with van der Waals surface area (Å²) in [5.41, 5.74) is 0. The van der Waals surface area contributed by atoms with Gasteiger partial charge in [-0.2, -0.15) is 0 Å². The number of ketones is 1. The summed E-state index contributed by atoms with van der Waals surface area (Å²) in [5.74, 6) is -0.302. The molecular weight excluding hydrogens is 230 g/mol. The third kappa shape index (κ3) is 4.82. The molecule has 1 rings (SSSR count). The highest BCUT2D eigenvalue weighted by Gasteiger charge is 2.22. The van der Waals surface area contributed by atoms with E-state index < -0.39 is 0 Å². The number of nitrogens with zero attached hydrogens (tertiary/aromatic N) is 1. The van der Waals surface area contributed by atoms with E-state index in [-0.39, 0.29) is 17.6 Å². The van der Waals surface area contributed by atoms with Gasteiger partial charge < -0.3 is 0 Å². The summed E-state index contributed by atoms with van der Waals surface area (Å²) in [6.45, 7) is 2.49. The van der Waals surface area contributed by atoms with Gasteiger partial charge in [0.1, 0.15) is 5.78 Å². The van der Waals surface area contributed by atoms with Crippen molar-refractivity contribution in [1.82, 2.24) is 4.90 Å². The van der Waals surface area contributed by atoms with Crippen LogP contribution in [0.2, 0.25) is 0 Å². The van der Waals surface area contributed by atoms with E-state index in [2.05, 4.69) is 6.92 Å². The van der Waals surface area contributed by atoms with Crippen molar-refractivity contribution in [2.24, 2.45) is 0 Å². The van der Waals surface area contributed by atoms with E-state index in [1.54, 1.807) is 0 Å². The Kier molecular flexibility index (Phi) is 6.33. The van der Waals surface area contributed by atoms with Crippen LogP contribution in [0.5, 0.6) is 0 Å². The molecule has 100 valence electrons. The second kappa shape index (κ2) is 7.80. The largest absolute Gasteiger partial charge is 0.300 e. The van der Waals surface area contributed by atoms with Gasteiger partial charge in [-0.3, -0.25) is 19.3 Å². The lowest BCUT2D eigenvalue weighted by molar-refractivity contribution is -0.137. The number of carbonyl (C=O) groups excluding carboxylic acids is 3. The molecule has 18 heavy (non-hydrogen) atoms. The van der Waals surface area contributed by atoms with Crippen LogP contribution in [-0.4, -0.2) is 29.0 Å². The Morgan fingerprint density at radius 1 is 1.00 bits per heavy atom. The van der Waals surface area contributed by atoms with Crippen molar-refractivity contribution in [2.75, 3.05) is 6.54 Å². The van der Waals surface area contributed by atoms with Crippen LogP contribution in [0.1, 0.15) is 51.9 Å². The van der Waals surface area contributed by atoms with Gasteiger partial charge in [0.15, 0.2) is 0 Å². The van der Waals surface area contributed by atoms with Crippen molar-refractivity contribution in [1.29, 1.82) is 0 Å². The highest BCUT2D eigenvalue weighted by molar-refractivity contribution is 6.12. The smallest absolute Gasteiger partial charge is 0.253 e. The maximum Gasteiger partial charge on any atom is 0.253 e. The van der Waals surface area contributed by atoms with Crippen LogP contribution in [0, 0.1) is 0 Å². The van der Waals surface area contributed by atoms with Crippen LogP contribution in [-0.2, 0) is 14.4 Å². The molecule has 0 N–H and O–H groups in total. The normalized spacial score (nSPS) is 14.6. The Labute approximate surface area is 108 Å². The van der Waals surface area contributed by atoms with Crippen LogP contribution in [0.4, 0.5) is 0 Å². The first-order valence-corrected chi connectivity index (χ1v) is 6.70. The van der Waals surface area contributed by atoms with Crippen LogP contribution >= 0.6 is 0 Å². The van der Waals surface area contributed by atoms with Gasteiger partial charge in [0, 0.05) is 31.5 Å². The third-order valence-corrected chi connectivity index (χ3v) is 3.05. The monoisotopic (exact) mass is 251 g/mol. The van der Waals surface area contributed by atoms with Crippen molar-refractivity contribution in [3.05, 3.63) is 12.2 Å². The van der Waals surface area contributed by atoms with Crippen molar-refractivity contribution in [3.8, 4) is 0 Å². The Morgan fingerprint density at radius 2 is 1.61 bits per heavy atom. The molecule has 0 atom stereocenters. The molecule has 2 amide bonds. The standard InChI is InChI=1S/C14H21NO3/c1-2-3-4-5-7-12(16)8-6-11-15-13(17)9-10-14(15)18/h9-10H,2-8,11H2,1H3. The molecule has 4 nitrogen and oxygen atoms in total. The predicted octanol–water partition coefficient (Wildman–Crippen LogP) is 2.23. The van der Waals surface area contributed by atoms with E-state index in [0.717, 1.165) is 12.8 Å². The SMILES string of the molecule is CCCCCCC(=O)CCCN1C(=O)C=CC1=O. The number of amides is 2. The highest BCUT2D eigenvalue weighted by Crippen LogP contribution is 2.08. The van der Waals surface area contributed by atoms with Gasteiger partial charge in [0.2, 0.25) is 0 Å². The Balaban J connectivity index is 2.09. The average molecular weight is 251 g/mol.